The number of benzene rings is 1. The van der Waals surface area contributed by atoms with Crippen molar-refractivity contribution in [3.8, 4) is 0 Å². The molecule has 0 fully saturated rings. The van der Waals surface area contributed by atoms with E-state index in [2.05, 4.69) is 17.4 Å². The first kappa shape index (κ1) is 10.1. The molecule has 0 spiro atoms. The molecule has 72 valence electrons. The molecule has 0 aromatic heterocycles. The van der Waals surface area contributed by atoms with Crippen molar-refractivity contribution >= 4 is 5.69 Å². The van der Waals surface area contributed by atoms with Crippen LogP contribution < -0.4 is 11.1 Å². The van der Waals surface area contributed by atoms with Gasteiger partial charge in [-0.1, -0.05) is 32.0 Å². The van der Waals surface area contributed by atoms with Crippen LogP contribution in [0.4, 0.5) is 5.69 Å². The van der Waals surface area contributed by atoms with Gasteiger partial charge < -0.3 is 11.1 Å². The van der Waals surface area contributed by atoms with E-state index in [1.807, 2.05) is 26.0 Å². The summed E-state index contributed by atoms with van der Waals surface area (Å²) in [5.74, 6) is 0. The predicted molar refractivity (Wildman–Crippen MR) is 57.8 cm³/mol. The van der Waals surface area contributed by atoms with Crippen LogP contribution in [-0.4, -0.2) is 6.54 Å². The molecule has 0 amide bonds. The molecule has 0 aliphatic carbocycles. The molecule has 0 bridgehead atoms. The van der Waals surface area contributed by atoms with Crippen LogP contribution in [0.25, 0.3) is 0 Å². The molecule has 1 aliphatic rings. The summed E-state index contributed by atoms with van der Waals surface area (Å²) >= 11 is 0. The highest BCUT2D eigenvalue weighted by Crippen LogP contribution is 2.26. The number of para-hydroxylation sites is 1. The summed E-state index contributed by atoms with van der Waals surface area (Å²) in [7, 11) is 0. The van der Waals surface area contributed by atoms with Gasteiger partial charge in [0.15, 0.2) is 0 Å². The molecule has 1 unspecified atom stereocenters. The van der Waals surface area contributed by atoms with Crippen LogP contribution in [0.1, 0.15) is 31.9 Å². The summed E-state index contributed by atoms with van der Waals surface area (Å²) < 4.78 is 0. The number of hydrogen-bond donors (Lipinski definition) is 2. The maximum absolute atomic E-state index is 5.91. The Balaban J connectivity index is 0.000000396. The number of nitrogens with one attached hydrogen (secondary N) is 1. The summed E-state index contributed by atoms with van der Waals surface area (Å²) in [6.45, 7) is 5.00. The molecule has 0 saturated heterocycles. The van der Waals surface area contributed by atoms with E-state index in [4.69, 9.17) is 5.73 Å². The highest BCUT2D eigenvalue weighted by atomic mass is 14.9. The summed E-state index contributed by atoms with van der Waals surface area (Å²) in [4.78, 5) is 0. The first-order valence-corrected chi connectivity index (χ1v) is 4.96. The van der Waals surface area contributed by atoms with Gasteiger partial charge in [-0.2, -0.15) is 0 Å². The standard InChI is InChI=1S/C9H12N2.C2H6/c10-8-5-6-11-9-4-2-1-3-7(8)9;1-2/h1-4,8,11H,5-6,10H2;1-2H3. The Morgan fingerprint density at radius 2 is 2.00 bits per heavy atom. The molecule has 1 heterocycles. The fourth-order valence-corrected chi connectivity index (χ4v) is 1.50. The maximum Gasteiger partial charge on any atom is 0.0388 e. The van der Waals surface area contributed by atoms with E-state index in [-0.39, 0.29) is 6.04 Å². The Kier molecular flexibility index (Phi) is 3.77. The van der Waals surface area contributed by atoms with E-state index in [9.17, 15) is 0 Å². The van der Waals surface area contributed by atoms with Crippen LogP contribution in [0.2, 0.25) is 0 Å². The van der Waals surface area contributed by atoms with Gasteiger partial charge in [-0.15, -0.1) is 0 Å². The molecule has 0 saturated carbocycles. The molecule has 1 aromatic rings. The van der Waals surface area contributed by atoms with E-state index in [1.54, 1.807) is 0 Å². The smallest absolute Gasteiger partial charge is 0.0388 e. The lowest BCUT2D eigenvalue weighted by Crippen LogP contribution is -2.22. The minimum Gasteiger partial charge on any atom is -0.385 e. The van der Waals surface area contributed by atoms with Crippen LogP contribution in [0.15, 0.2) is 24.3 Å². The lowest BCUT2D eigenvalue weighted by atomic mass is 9.99. The van der Waals surface area contributed by atoms with Crippen LogP contribution in [0.3, 0.4) is 0 Å². The quantitative estimate of drug-likeness (QED) is 0.640. The average molecular weight is 178 g/mol. The van der Waals surface area contributed by atoms with Crippen molar-refractivity contribution in [3.05, 3.63) is 29.8 Å². The van der Waals surface area contributed by atoms with Crippen LogP contribution >= 0.6 is 0 Å². The van der Waals surface area contributed by atoms with E-state index < -0.39 is 0 Å². The topological polar surface area (TPSA) is 38.0 Å². The first-order chi connectivity index (χ1) is 6.38. The number of anilines is 1. The van der Waals surface area contributed by atoms with Gasteiger partial charge in [-0.3, -0.25) is 0 Å². The molecule has 2 heteroatoms. The highest BCUT2D eigenvalue weighted by Gasteiger charge is 2.14. The van der Waals surface area contributed by atoms with Crippen molar-refractivity contribution in [2.24, 2.45) is 5.73 Å². The van der Waals surface area contributed by atoms with Gasteiger partial charge >= 0.3 is 0 Å². The van der Waals surface area contributed by atoms with E-state index in [0.29, 0.717) is 0 Å². The lowest BCUT2D eigenvalue weighted by molar-refractivity contribution is 0.655. The third-order valence-electron chi connectivity index (χ3n) is 2.13. The van der Waals surface area contributed by atoms with Crippen LogP contribution in [0, 0.1) is 0 Å². The highest BCUT2D eigenvalue weighted by molar-refractivity contribution is 5.54. The van der Waals surface area contributed by atoms with Crippen molar-refractivity contribution in [2.45, 2.75) is 26.3 Å². The molecule has 1 aliphatic heterocycles. The molecule has 1 aromatic carbocycles. The molecule has 2 nitrogen and oxygen atoms in total. The molecular formula is C11H18N2. The van der Waals surface area contributed by atoms with Crippen molar-refractivity contribution in [2.75, 3.05) is 11.9 Å². The van der Waals surface area contributed by atoms with Crippen molar-refractivity contribution < 1.29 is 0 Å². The fraction of sp³-hybridized carbons (Fsp3) is 0.455. The van der Waals surface area contributed by atoms with Gasteiger partial charge in [0, 0.05) is 18.3 Å². The van der Waals surface area contributed by atoms with Crippen molar-refractivity contribution in [1.29, 1.82) is 0 Å². The summed E-state index contributed by atoms with van der Waals surface area (Å²) in [6.07, 6.45) is 1.04. The molecule has 2 rings (SSSR count). The predicted octanol–water partition coefficient (Wildman–Crippen LogP) is 2.53. The minimum atomic E-state index is 0.229. The Morgan fingerprint density at radius 1 is 1.31 bits per heavy atom. The SMILES string of the molecule is CC.NC1CCNc2ccccc21. The second-order valence-electron chi connectivity index (χ2n) is 2.91. The Bertz CT molecular complexity index is 258. The van der Waals surface area contributed by atoms with Crippen LogP contribution in [-0.2, 0) is 0 Å². The average Bonchev–Trinajstić information content (AvgIpc) is 2.22. The van der Waals surface area contributed by atoms with Crippen LogP contribution in [0.5, 0.6) is 0 Å². The van der Waals surface area contributed by atoms with Crippen molar-refractivity contribution in [1.82, 2.24) is 0 Å². The Labute approximate surface area is 80.1 Å². The fourth-order valence-electron chi connectivity index (χ4n) is 1.50. The summed E-state index contributed by atoms with van der Waals surface area (Å²) in [5, 5.41) is 3.31. The third-order valence-corrected chi connectivity index (χ3v) is 2.13. The van der Waals surface area contributed by atoms with Gasteiger partial charge in [-0.25, -0.2) is 0 Å². The van der Waals surface area contributed by atoms with E-state index in [0.717, 1.165) is 13.0 Å². The zero-order valence-corrected chi connectivity index (χ0v) is 8.38. The minimum absolute atomic E-state index is 0.229. The van der Waals surface area contributed by atoms with E-state index in [1.165, 1.54) is 11.3 Å². The number of nitrogens with two attached hydrogens (primary N) is 1. The molecule has 13 heavy (non-hydrogen) atoms. The normalized spacial score (nSPS) is 19.2. The maximum atomic E-state index is 5.91. The molecule has 1 atom stereocenters. The Morgan fingerprint density at radius 3 is 2.69 bits per heavy atom. The van der Waals surface area contributed by atoms with Gasteiger partial charge in [0.25, 0.3) is 0 Å². The number of rotatable bonds is 0. The number of fused-ring (bicyclic) bond motifs is 1. The largest absolute Gasteiger partial charge is 0.385 e. The van der Waals surface area contributed by atoms with Gasteiger partial charge in [0.2, 0.25) is 0 Å². The second-order valence-corrected chi connectivity index (χ2v) is 2.91. The monoisotopic (exact) mass is 178 g/mol. The number of hydrogen-bond acceptors (Lipinski definition) is 2. The first-order valence-electron chi connectivity index (χ1n) is 4.96. The summed E-state index contributed by atoms with van der Waals surface area (Å²) in [5.41, 5.74) is 8.36. The second kappa shape index (κ2) is 4.87. The van der Waals surface area contributed by atoms with Gasteiger partial charge in [0.1, 0.15) is 0 Å². The van der Waals surface area contributed by atoms with E-state index >= 15 is 0 Å². The zero-order chi connectivity index (χ0) is 9.68. The molecular weight excluding hydrogens is 160 g/mol. The van der Waals surface area contributed by atoms with Crippen molar-refractivity contribution in [3.63, 3.8) is 0 Å². The molecule has 0 radical (unpaired) electrons. The Hall–Kier alpha value is -1.02. The zero-order valence-electron chi connectivity index (χ0n) is 8.38. The summed E-state index contributed by atoms with van der Waals surface area (Å²) in [6, 6.07) is 8.46. The third kappa shape index (κ3) is 2.22. The lowest BCUT2D eigenvalue weighted by Gasteiger charge is -2.23. The van der Waals surface area contributed by atoms with Gasteiger partial charge in [-0.05, 0) is 18.1 Å². The van der Waals surface area contributed by atoms with Gasteiger partial charge in [0.05, 0.1) is 0 Å². The molecule has 3 N–H and O–H groups in total.